The molecule has 0 spiro atoms. The number of benzene rings is 3. The third-order valence-electron chi connectivity index (χ3n) is 5.73. The molecular formula is C28H30Cl3N3O4S. The number of carbonyl (C=O) groups excluding carboxylic acids is 2. The summed E-state index contributed by atoms with van der Waals surface area (Å²) in [6.07, 6.45) is 0. The van der Waals surface area contributed by atoms with Crippen molar-refractivity contribution in [1.29, 1.82) is 0 Å². The van der Waals surface area contributed by atoms with E-state index in [0.717, 1.165) is 4.31 Å². The average molecular weight is 611 g/mol. The zero-order valence-corrected chi connectivity index (χ0v) is 25.1. The SMILES string of the molecule is CC(C(=O)NC(C)(C)C)N(Cc1ccc(Cl)c(Cl)c1)C(=O)CN(c1ccccc1Cl)S(=O)(=O)c1ccccc1. The van der Waals surface area contributed by atoms with Gasteiger partial charge in [-0.15, -0.1) is 0 Å². The van der Waals surface area contributed by atoms with E-state index in [9.17, 15) is 18.0 Å². The molecule has 0 fully saturated rings. The van der Waals surface area contributed by atoms with Crippen LogP contribution in [-0.4, -0.2) is 43.3 Å². The first kappa shape index (κ1) is 30.8. The van der Waals surface area contributed by atoms with Crippen LogP contribution in [0, 0.1) is 0 Å². The van der Waals surface area contributed by atoms with Gasteiger partial charge in [0.1, 0.15) is 12.6 Å². The summed E-state index contributed by atoms with van der Waals surface area (Å²) in [6, 6.07) is 18.1. The Kier molecular flexibility index (Phi) is 9.93. The number of hydrogen-bond donors (Lipinski definition) is 1. The Bertz CT molecular complexity index is 1440. The molecule has 0 radical (unpaired) electrons. The van der Waals surface area contributed by atoms with Gasteiger partial charge in [-0.2, -0.15) is 0 Å². The maximum atomic E-state index is 13.9. The predicted molar refractivity (Wildman–Crippen MR) is 157 cm³/mol. The molecule has 0 saturated carbocycles. The molecule has 0 saturated heterocycles. The number of nitrogens with one attached hydrogen (secondary N) is 1. The standard InChI is InChI=1S/C28H30Cl3N3O4S/c1-19(27(36)32-28(2,3)4)33(17-20-14-15-22(29)24(31)16-20)26(35)18-34(25-13-9-8-12-23(25)30)39(37,38)21-10-6-5-7-11-21/h5-16,19H,17-18H2,1-4H3,(H,32,36). The summed E-state index contributed by atoms with van der Waals surface area (Å²) >= 11 is 18.7. The van der Waals surface area contributed by atoms with Crippen molar-refractivity contribution in [1.82, 2.24) is 10.2 Å². The van der Waals surface area contributed by atoms with Crippen molar-refractivity contribution in [2.24, 2.45) is 0 Å². The number of hydrogen-bond acceptors (Lipinski definition) is 4. The lowest BCUT2D eigenvalue weighted by Crippen LogP contribution is -2.54. The number of carbonyl (C=O) groups is 2. The van der Waals surface area contributed by atoms with E-state index in [1.165, 1.54) is 23.1 Å². The van der Waals surface area contributed by atoms with Gasteiger partial charge in [0.25, 0.3) is 10.0 Å². The molecule has 0 aliphatic rings. The van der Waals surface area contributed by atoms with Crippen LogP contribution >= 0.6 is 34.8 Å². The van der Waals surface area contributed by atoms with Crippen LogP contribution < -0.4 is 9.62 Å². The van der Waals surface area contributed by atoms with Crippen LogP contribution in [0.1, 0.15) is 33.3 Å². The van der Waals surface area contributed by atoms with Crippen LogP contribution in [0.15, 0.2) is 77.7 Å². The lowest BCUT2D eigenvalue weighted by molar-refractivity contribution is -0.140. The zero-order chi connectivity index (χ0) is 29.0. The molecule has 2 amide bonds. The van der Waals surface area contributed by atoms with Crippen molar-refractivity contribution in [3.05, 3.63) is 93.4 Å². The molecule has 3 aromatic carbocycles. The molecule has 0 aliphatic heterocycles. The van der Waals surface area contributed by atoms with Crippen LogP contribution in [0.25, 0.3) is 0 Å². The summed E-state index contributed by atoms with van der Waals surface area (Å²) in [5.41, 5.74) is 0.199. The van der Waals surface area contributed by atoms with E-state index in [-0.39, 0.29) is 27.2 Å². The second kappa shape index (κ2) is 12.6. The topological polar surface area (TPSA) is 86.8 Å². The summed E-state index contributed by atoms with van der Waals surface area (Å²) < 4.78 is 28.5. The Morgan fingerprint density at radius 1 is 0.872 bits per heavy atom. The molecule has 1 unspecified atom stereocenters. The van der Waals surface area contributed by atoms with Gasteiger partial charge in [0.15, 0.2) is 0 Å². The van der Waals surface area contributed by atoms with E-state index in [2.05, 4.69) is 5.32 Å². The number of anilines is 1. The van der Waals surface area contributed by atoms with Gasteiger partial charge in [-0.3, -0.25) is 13.9 Å². The van der Waals surface area contributed by atoms with E-state index in [4.69, 9.17) is 34.8 Å². The zero-order valence-electron chi connectivity index (χ0n) is 22.0. The lowest BCUT2D eigenvalue weighted by Gasteiger charge is -2.33. The largest absolute Gasteiger partial charge is 0.350 e. The molecule has 3 rings (SSSR count). The normalized spacial score (nSPS) is 12.5. The van der Waals surface area contributed by atoms with Crippen molar-refractivity contribution in [3.63, 3.8) is 0 Å². The number of para-hydroxylation sites is 1. The maximum absolute atomic E-state index is 13.9. The van der Waals surface area contributed by atoms with Gasteiger partial charge in [0, 0.05) is 12.1 Å². The van der Waals surface area contributed by atoms with Crippen molar-refractivity contribution in [2.75, 3.05) is 10.8 Å². The summed E-state index contributed by atoms with van der Waals surface area (Å²) in [7, 11) is -4.20. The molecule has 3 aromatic rings. The van der Waals surface area contributed by atoms with Gasteiger partial charge in [0.05, 0.1) is 25.7 Å². The summed E-state index contributed by atoms with van der Waals surface area (Å²) in [5, 5.41) is 3.66. The molecule has 208 valence electrons. The molecular weight excluding hydrogens is 581 g/mol. The maximum Gasteiger partial charge on any atom is 0.264 e. The van der Waals surface area contributed by atoms with Gasteiger partial charge >= 0.3 is 0 Å². The first-order chi connectivity index (χ1) is 18.2. The number of rotatable bonds is 9. The molecule has 7 nitrogen and oxygen atoms in total. The Morgan fingerprint density at radius 3 is 2.08 bits per heavy atom. The number of sulfonamides is 1. The fourth-order valence-electron chi connectivity index (χ4n) is 3.78. The van der Waals surface area contributed by atoms with Crippen molar-refractivity contribution in [3.8, 4) is 0 Å². The van der Waals surface area contributed by atoms with Gasteiger partial charge in [0.2, 0.25) is 11.8 Å². The second-order valence-corrected chi connectivity index (χ2v) is 13.0. The van der Waals surface area contributed by atoms with Gasteiger partial charge in [-0.1, -0.05) is 71.2 Å². The summed E-state index contributed by atoms with van der Waals surface area (Å²) in [4.78, 5) is 28.4. The fourth-order valence-corrected chi connectivity index (χ4v) is 5.84. The molecule has 39 heavy (non-hydrogen) atoms. The number of nitrogens with zero attached hydrogens (tertiary/aromatic N) is 2. The van der Waals surface area contributed by atoms with Crippen LogP contribution in [-0.2, 0) is 26.2 Å². The van der Waals surface area contributed by atoms with Crippen molar-refractivity contribution < 1.29 is 18.0 Å². The number of amides is 2. The third-order valence-corrected chi connectivity index (χ3v) is 8.57. The van der Waals surface area contributed by atoms with E-state index in [1.54, 1.807) is 61.5 Å². The average Bonchev–Trinajstić information content (AvgIpc) is 2.87. The highest BCUT2D eigenvalue weighted by Crippen LogP contribution is 2.31. The quantitative estimate of drug-likeness (QED) is 0.314. The third kappa shape index (κ3) is 7.88. The van der Waals surface area contributed by atoms with Gasteiger partial charge in [-0.05, 0) is 69.7 Å². The van der Waals surface area contributed by atoms with Crippen LogP contribution in [0.4, 0.5) is 5.69 Å². The van der Waals surface area contributed by atoms with E-state index >= 15 is 0 Å². The first-order valence-corrected chi connectivity index (χ1v) is 14.7. The van der Waals surface area contributed by atoms with Crippen molar-refractivity contribution in [2.45, 2.75) is 50.7 Å². The minimum absolute atomic E-state index is 0.00715. The highest BCUT2D eigenvalue weighted by molar-refractivity contribution is 7.92. The van der Waals surface area contributed by atoms with Gasteiger partial charge < -0.3 is 10.2 Å². The molecule has 0 aliphatic carbocycles. The van der Waals surface area contributed by atoms with Crippen LogP contribution in [0.2, 0.25) is 15.1 Å². The Labute approximate surface area is 244 Å². The highest BCUT2D eigenvalue weighted by Gasteiger charge is 2.34. The van der Waals surface area contributed by atoms with E-state index in [1.807, 2.05) is 20.8 Å². The molecule has 0 aromatic heterocycles. The van der Waals surface area contributed by atoms with Crippen LogP contribution in [0.5, 0.6) is 0 Å². The summed E-state index contributed by atoms with van der Waals surface area (Å²) in [6.45, 7) is 6.45. The molecule has 1 N–H and O–H groups in total. The monoisotopic (exact) mass is 609 g/mol. The minimum Gasteiger partial charge on any atom is -0.350 e. The Hall–Kier alpha value is -2.78. The Morgan fingerprint density at radius 2 is 1.49 bits per heavy atom. The lowest BCUT2D eigenvalue weighted by atomic mass is 10.1. The van der Waals surface area contributed by atoms with E-state index < -0.39 is 40.0 Å². The minimum atomic E-state index is -4.20. The van der Waals surface area contributed by atoms with Gasteiger partial charge in [-0.25, -0.2) is 8.42 Å². The first-order valence-electron chi connectivity index (χ1n) is 12.1. The molecule has 0 heterocycles. The number of halogens is 3. The second-order valence-electron chi connectivity index (χ2n) is 9.96. The van der Waals surface area contributed by atoms with Crippen molar-refractivity contribution >= 4 is 62.3 Å². The van der Waals surface area contributed by atoms with Crippen LogP contribution in [0.3, 0.4) is 0 Å². The molecule has 1 atom stereocenters. The Balaban J connectivity index is 2.05. The molecule has 0 bridgehead atoms. The summed E-state index contributed by atoms with van der Waals surface area (Å²) in [5.74, 6) is -1.01. The molecule has 11 heteroatoms. The highest BCUT2D eigenvalue weighted by atomic mass is 35.5. The van der Waals surface area contributed by atoms with E-state index in [0.29, 0.717) is 10.6 Å². The fraction of sp³-hybridized carbons (Fsp3) is 0.286. The smallest absolute Gasteiger partial charge is 0.264 e. The predicted octanol–water partition coefficient (Wildman–Crippen LogP) is 6.17.